The molecule has 0 bridgehead atoms. The van der Waals surface area contributed by atoms with Gasteiger partial charge in [0, 0.05) is 12.6 Å². The van der Waals surface area contributed by atoms with Crippen molar-refractivity contribution in [1.29, 1.82) is 0 Å². The normalized spacial score (nSPS) is 11.1. The third-order valence-electron chi connectivity index (χ3n) is 3.22. The SMILES string of the molecule is CCc1ccc(CCN(C)Cc2cc(N)no2)cc1. The van der Waals surface area contributed by atoms with Crippen molar-refractivity contribution < 1.29 is 4.52 Å². The number of anilines is 1. The highest BCUT2D eigenvalue weighted by Crippen LogP contribution is 2.09. The lowest BCUT2D eigenvalue weighted by molar-refractivity contribution is 0.275. The molecule has 0 unspecified atom stereocenters. The Hall–Kier alpha value is -1.81. The Bertz CT molecular complexity index is 504. The summed E-state index contributed by atoms with van der Waals surface area (Å²) < 4.78 is 5.10. The number of aromatic nitrogens is 1. The summed E-state index contributed by atoms with van der Waals surface area (Å²) in [6.45, 7) is 3.88. The zero-order valence-corrected chi connectivity index (χ0v) is 11.6. The first-order valence-corrected chi connectivity index (χ1v) is 6.65. The van der Waals surface area contributed by atoms with Gasteiger partial charge in [0.05, 0.1) is 6.54 Å². The minimum absolute atomic E-state index is 0.443. The lowest BCUT2D eigenvalue weighted by Gasteiger charge is -2.14. The van der Waals surface area contributed by atoms with Crippen LogP contribution in [0.3, 0.4) is 0 Å². The Kier molecular flexibility index (Phi) is 4.58. The Morgan fingerprint density at radius 2 is 1.89 bits per heavy atom. The van der Waals surface area contributed by atoms with Crippen LogP contribution >= 0.6 is 0 Å². The number of nitrogen functional groups attached to an aromatic ring is 1. The quantitative estimate of drug-likeness (QED) is 0.866. The molecule has 2 N–H and O–H groups in total. The molecular formula is C15H21N3O. The van der Waals surface area contributed by atoms with E-state index in [1.807, 2.05) is 0 Å². The summed E-state index contributed by atoms with van der Waals surface area (Å²) in [5, 5.41) is 3.68. The van der Waals surface area contributed by atoms with E-state index in [2.05, 4.69) is 48.3 Å². The molecule has 19 heavy (non-hydrogen) atoms. The predicted molar refractivity (Wildman–Crippen MR) is 76.8 cm³/mol. The minimum atomic E-state index is 0.443. The third kappa shape index (κ3) is 4.10. The number of nitrogens with two attached hydrogens (primary N) is 1. The van der Waals surface area contributed by atoms with E-state index in [-0.39, 0.29) is 0 Å². The molecule has 1 heterocycles. The van der Waals surface area contributed by atoms with Crippen molar-refractivity contribution in [1.82, 2.24) is 10.1 Å². The third-order valence-corrected chi connectivity index (χ3v) is 3.22. The first-order chi connectivity index (χ1) is 9.17. The van der Waals surface area contributed by atoms with Crippen LogP contribution < -0.4 is 5.73 Å². The molecule has 0 saturated carbocycles. The Morgan fingerprint density at radius 3 is 2.47 bits per heavy atom. The van der Waals surface area contributed by atoms with Crippen LogP contribution in [0.5, 0.6) is 0 Å². The fourth-order valence-electron chi connectivity index (χ4n) is 2.01. The van der Waals surface area contributed by atoms with Gasteiger partial charge >= 0.3 is 0 Å². The van der Waals surface area contributed by atoms with Gasteiger partial charge < -0.3 is 10.3 Å². The summed E-state index contributed by atoms with van der Waals surface area (Å²) in [4.78, 5) is 2.20. The molecular weight excluding hydrogens is 238 g/mol. The van der Waals surface area contributed by atoms with Crippen LogP contribution in [-0.2, 0) is 19.4 Å². The van der Waals surface area contributed by atoms with Gasteiger partial charge in [0.1, 0.15) is 0 Å². The Labute approximate surface area is 114 Å². The molecule has 2 aromatic rings. The van der Waals surface area contributed by atoms with Gasteiger partial charge in [-0.25, -0.2) is 0 Å². The molecule has 0 radical (unpaired) electrons. The average molecular weight is 259 g/mol. The fourth-order valence-corrected chi connectivity index (χ4v) is 2.01. The molecule has 1 aromatic heterocycles. The van der Waals surface area contributed by atoms with Gasteiger partial charge in [-0.15, -0.1) is 0 Å². The van der Waals surface area contributed by atoms with Crippen LogP contribution in [0.4, 0.5) is 5.82 Å². The molecule has 0 aliphatic heterocycles. The van der Waals surface area contributed by atoms with Gasteiger partial charge in [-0.3, -0.25) is 4.90 Å². The molecule has 4 heteroatoms. The minimum Gasteiger partial charge on any atom is -0.381 e. The van der Waals surface area contributed by atoms with Gasteiger partial charge in [-0.05, 0) is 31.0 Å². The van der Waals surface area contributed by atoms with E-state index in [1.54, 1.807) is 6.07 Å². The zero-order chi connectivity index (χ0) is 13.7. The lowest BCUT2D eigenvalue weighted by atomic mass is 10.1. The number of aryl methyl sites for hydroxylation is 1. The second kappa shape index (κ2) is 6.38. The van der Waals surface area contributed by atoms with Crippen molar-refractivity contribution in [2.75, 3.05) is 19.3 Å². The van der Waals surface area contributed by atoms with Gasteiger partial charge in [-0.2, -0.15) is 0 Å². The number of likely N-dealkylation sites (N-methyl/N-ethyl adjacent to an activating group) is 1. The van der Waals surface area contributed by atoms with Gasteiger partial charge in [0.15, 0.2) is 11.6 Å². The van der Waals surface area contributed by atoms with Gasteiger partial charge in [0.25, 0.3) is 0 Å². The van der Waals surface area contributed by atoms with E-state index in [9.17, 15) is 0 Å². The van der Waals surface area contributed by atoms with E-state index in [0.717, 1.165) is 31.7 Å². The second-order valence-electron chi connectivity index (χ2n) is 4.88. The average Bonchev–Trinajstić information content (AvgIpc) is 2.82. The molecule has 0 spiro atoms. The number of hydrogen-bond acceptors (Lipinski definition) is 4. The maximum atomic E-state index is 5.52. The zero-order valence-electron chi connectivity index (χ0n) is 11.6. The van der Waals surface area contributed by atoms with E-state index < -0.39 is 0 Å². The highest BCUT2D eigenvalue weighted by Gasteiger charge is 2.05. The van der Waals surface area contributed by atoms with Crippen LogP contribution in [0.15, 0.2) is 34.9 Å². The predicted octanol–water partition coefficient (Wildman–Crippen LogP) is 2.49. The highest BCUT2D eigenvalue weighted by atomic mass is 16.5. The van der Waals surface area contributed by atoms with Crippen LogP contribution in [0.25, 0.3) is 0 Å². The van der Waals surface area contributed by atoms with E-state index >= 15 is 0 Å². The molecule has 0 amide bonds. The number of nitrogens with zero attached hydrogens (tertiary/aromatic N) is 2. The van der Waals surface area contributed by atoms with Gasteiger partial charge in [0.2, 0.25) is 0 Å². The smallest absolute Gasteiger partial charge is 0.167 e. The number of hydrogen-bond donors (Lipinski definition) is 1. The largest absolute Gasteiger partial charge is 0.381 e. The van der Waals surface area contributed by atoms with Crippen molar-refractivity contribution >= 4 is 5.82 Å². The van der Waals surface area contributed by atoms with Crippen molar-refractivity contribution in [3.63, 3.8) is 0 Å². The first-order valence-electron chi connectivity index (χ1n) is 6.65. The fraction of sp³-hybridized carbons (Fsp3) is 0.400. The monoisotopic (exact) mass is 259 g/mol. The molecule has 0 atom stereocenters. The molecule has 0 aliphatic rings. The summed E-state index contributed by atoms with van der Waals surface area (Å²) in [6, 6.07) is 10.6. The van der Waals surface area contributed by atoms with E-state index in [1.165, 1.54) is 11.1 Å². The topological polar surface area (TPSA) is 55.3 Å². The highest BCUT2D eigenvalue weighted by molar-refractivity contribution is 5.26. The number of rotatable bonds is 6. The molecule has 0 aliphatic carbocycles. The molecule has 4 nitrogen and oxygen atoms in total. The summed E-state index contributed by atoms with van der Waals surface area (Å²) in [5.41, 5.74) is 8.27. The van der Waals surface area contributed by atoms with E-state index in [0.29, 0.717) is 5.82 Å². The van der Waals surface area contributed by atoms with Crippen LogP contribution in [-0.4, -0.2) is 23.6 Å². The van der Waals surface area contributed by atoms with Crippen LogP contribution in [0, 0.1) is 0 Å². The Balaban J connectivity index is 1.80. The second-order valence-corrected chi connectivity index (χ2v) is 4.88. The van der Waals surface area contributed by atoms with Crippen molar-refractivity contribution in [3.05, 3.63) is 47.2 Å². The molecule has 0 saturated heterocycles. The molecule has 1 aromatic carbocycles. The standard InChI is InChI=1S/C15H21N3O/c1-3-12-4-6-13(7-5-12)8-9-18(2)11-14-10-15(16)17-19-14/h4-7,10H,3,8-9,11H2,1-2H3,(H2,16,17). The van der Waals surface area contributed by atoms with Crippen molar-refractivity contribution in [2.45, 2.75) is 26.3 Å². The maximum Gasteiger partial charge on any atom is 0.167 e. The summed E-state index contributed by atoms with van der Waals surface area (Å²) in [6.07, 6.45) is 2.12. The van der Waals surface area contributed by atoms with Crippen molar-refractivity contribution in [3.8, 4) is 0 Å². The molecule has 102 valence electrons. The summed E-state index contributed by atoms with van der Waals surface area (Å²) in [7, 11) is 2.07. The molecule has 2 rings (SSSR count). The van der Waals surface area contributed by atoms with Crippen LogP contribution in [0.2, 0.25) is 0 Å². The van der Waals surface area contributed by atoms with E-state index in [4.69, 9.17) is 10.3 Å². The molecule has 0 fully saturated rings. The van der Waals surface area contributed by atoms with Gasteiger partial charge in [-0.1, -0.05) is 36.3 Å². The first kappa shape index (κ1) is 13.6. The van der Waals surface area contributed by atoms with Crippen molar-refractivity contribution in [2.24, 2.45) is 0 Å². The lowest BCUT2D eigenvalue weighted by Crippen LogP contribution is -2.20. The Morgan fingerprint density at radius 1 is 1.21 bits per heavy atom. The summed E-state index contributed by atoms with van der Waals surface area (Å²) >= 11 is 0. The van der Waals surface area contributed by atoms with Crippen LogP contribution in [0.1, 0.15) is 23.8 Å². The number of benzene rings is 1. The summed E-state index contributed by atoms with van der Waals surface area (Å²) in [5.74, 6) is 1.25. The maximum absolute atomic E-state index is 5.52.